The number of esters is 1. The van der Waals surface area contributed by atoms with Gasteiger partial charge in [-0.1, -0.05) is 6.92 Å². The van der Waals surface area contributed by atoms with Crippen LogP contribution in [0.3, 0.4) is 0 Å². The van der Waals surface area contributed by atoms with Crippen LogP contribution in [-0.4, -0.2) is 30.9 Å². The summed E-state index contributed by atoms with van der Waals surface area (Å²) >= 11 is 1.66. The Kier molecular flexibility index (Phi) is 7.02. The Morgan fingerprint density at radius 3 is 2.60 bits per heavy atom. The van der Waals surface area contributed by atoms with Crippen LogP contribution in [0.1, 0.15) is 26.7 Å². The predicted octanol–water partition coefficient (Wildman–Crippen LogP) is 3.24. The average molecular weight is 299 g/mol. The van der Waals surface area contributed by atoms with Crippen molar-refractivity contribution < 1.29 is 13.9 Å². The molecule has 3 nitrogen and oxygen atoms in total. The van der Waals surface area contributed by atoms with E-state index >= 15 is 0 Å². The minimum Gasteiger partial charge on any atom is -0.468 e. The Morgan fingerprint density at radius 1 is 1.40 bits per heavy atom. The molecule has 5 heteroatoms. The topological polar surface area (TPSA) is 38.3 Å². The molecule has 1 unspecified atom stereocenters. The molecule has 1 aromatic rings. The molecule has 1 aromatic carbocycles. The van der Waals surface area contributed by atoms with E-state index in [2.05, 4.69) is 5.32 Å². The number of methoxy groups -OCH3 is 1. The SMILES string of the molecule is CCNC(C)(CCCSc1ccc(F)cc1)C(=O)OC. The molecule has 0 amide bonds. The van der Waals surface area contributed by atoms with E-state index in [4.69, 9.17) is 4.74 Å². The quantitative estimate of drug-likeness (QED) is 0.454. The number of nitrogens with one attached hydrogen (secondary N) is 1. The smallest absolute Gasteiger partial charge is 0.325 e. The van der Waals surface area contributed by atoms with E-state index < -0.39 is 5.54 Å². The lowest BCUT2D eigenvalue weighted by atomic mass is 9.96. The Bertz CT molecular complexity index is 424. The molecule has 0 bridgehead atoms. The molecule has 0 aliphatic heterocycles. The Labute approximate surface area is 124 Å². The number of ether oxygens (including phenoxy) is 1. The van der Waals surface area contributed by atoms with E-state index in [1.807, 2.05) is 13.8 Å². The van der Waals surface area contributed by atoms with Gasteiger partial charge in [-0.25, -0.2) is 4.39 Å². The largest absolute Gasteiger partial charge is 0.468 e. The predicted molar refractivity (Wildman–Crippen MR) is 80.5 cm³/mol. The molecule has 0 saturated heterocycles. The Hall–Kier alpha value is -1.07. The van der Waals surface area contributed by atoms with Gasteiger partial charge in [0.2, 0.25) is 0 Å². The standard InChI is InChI=1S/C15H22FNO2S/c1-4-17-15(2,14(18)19-3)10-5-11-20-13-8-6-12(16)7-9-13/h6-9,17H,4-5,10-11H2,1-3H3. The van der Waals surface area contributed by atoms with Crippen molar-refractivity contribution in [2.45, 2.75) is 37.1 Å². The van der Waals surface area contributed by atoms with Crippen molar-refractivity contribution in [3.63, 3.8) is 0 Å². The minimum atomic E-state index is -0.632. The fraction of sp³-hybridized carbons (Fsp3) is 0.533. The van der Waals surface area contributed by atoms with Crippen molar-refractivity contribution in [1.29, 1.82) is 0 Å². The van der Waals surface area contributed by atoms with E-state index in [-0.39, 0.29) is 11.8 Å². The molecule has 0 heterocycles. The molecule has 0 spiro atoms. The summed E-state index contributed by atoms with van der Waals surface area (Å²) in [6, 6.07) is 6.45. The van der Waals surface area contributed by atoms with Gasteiger partial charge in [0.25, 0.3) is 0 Å². The number of hydrogen-bond donors (Lipinski definition) is 1. The third kappa shape index (κ3) is 5.13. The molecule has 0 aliphatic carbocycles. The van der Waals surface area contributed by atoms with Crippen LogP contribution in [0.25, 0.3) is 0 Å². The first-order valence-electron chi connectivity index (χ1n) is 6.73. The average Bonchev–Trinajstić information content (AvgIpc) is 2.45. The zero-order valence-corrected chi connectivity index (χ0v) is 13.1. The van der Waals surface area contributed by atoms with Crippen LogP contribution in [0.15, 0.2) is 29.2 Å². The molecule has 20 heavy (non-hydrogen) atoms. The fourth-order valence-corrected chi connectivity index (χ4v) is 2.88. The van der Waals surface area contributed by atoms with Crippen molar-refractivity contribution in [1.82, 2.24) is 5.32 Å². The van der Waals surface area contributed by atoms with Crippen molar-refractivity contribution >= 4 is 17.7 Å². The highest BCUT2D eigenvalue weighted by molar-refractivity contribution is 7.99. The van der Waals surface area contributed by atoms with E-state index in [1.54, 1.807) is 23.9 Å². The number of carbonyl (C=O) groups excluding carboxylic acids is 1. The van der Waals surface area contributed by atoms with Gasteiger partial charge in [-0.15, -0.1) is 11.8 Å². The number of rotatable bonds is 8. The summed E-state index contributed by atoms with van der Waals surface area (Å²) in [6.07, 6.45) is 1.59. The molecular weight excluding hydrogens is 277 g/mol. The third-order valence-electron chi connectivity index (χ3n) is 3.11. The van der Waals surface area contributed by atoms with Crippen LogP contribution in [0.5, 0.6) is 0 Å². The zero-order chi connectivity index (χ0) is 15.0. The van der Waals surface area contributed by atoms with Crippen LogP contribution < -0.4 is 5.32 Å². The maximum Gasteiger partial charge on any atom is 0.325 e. The van der Waals surface area contributed by atoms with Crippen molar-refractivity contribution in [2.24, 2.45) is 0 Å². The second kappa shape index (κ2) is 8.27. The van der Waals surface area contributed by atoms with E-state index in [1.165, 1.54) is 19.2 Å². The monoisotopic (exact) mass is 299 g/mol. The third-order valence-corrected chi connectivity index (χ3v) is 4.20. The number of likely N-dealkylation sites (N-methyl/N-ethyl adjacent to an activating group) is 1. The lowest BCUT2D eigenvalue weighted by Crippen LogP contribution is -2.50. The van der Waals surface area contributed by atoms with Crippen LogP contribution >= 0.6 is 11.8 Å². The summed E-state index contributed by atoms with van der Waals surface area (Å²) in [7, 11) is 1.41. The van der Waals surface area contributed by atoms with Gasteiger partial charge >= 0.3 is 5.97 Å². The van der Waals surface area contributed by atoms with Gasteiger partial charge < -0.3 is 10.1 Å². The maximum atomic E-state index is 12.8. The van der Waals surface area contributed by atoms with E-state index in [0.717, 1.165) is 23.6 Å². The lowest BCUT2D eigenvalue weighted by Gasteiger charge is -2.27. The van der Waals surface area contributed by atoms with Crippen molar-refractivity contribution in [2.75, 3.05) is 19.4 Å². The van der Waals surface area contributed by atoms with Gasteiger partial charge in [0.05, 0.1) is 7.11 Å². The van der Waals surface area contributed by atoms with Crippen LogP contribution in [0.4, 0.5) is 4.39 Å². The first kappa shape index (κ1) is 17.0. The highest BCUT2D eigenvalue weighted by atomic mass is 32.2. The number of hydrogen-bond acceptors (Lipinski definition) is 4. The first-order valence-corrected chi connectivity index (χ1v) is 7.72. The second-order valence-electron chi connectivity index (χ2n) is 4.76. The summed E-state index contributed by atoms with van der Waals surface area (Å²) in [5.41, 5.74) is -0.632. The zero-order valence-electron chi connectivity index (χ0n) is 12.2. The molecule has 0 fully saturated rings. The molecule has 0 aliphatic rings. The molecule has 112 valence electrons. The first-order chi connectivity index (χ1) is 9.51. The fourth-order valence-electron chi connectivity index (χ4n) is 2.02. The van der Waals surface area contributed by atoms with Gasteiger partial charge in [0.1, 0.15) is 11.4 Å². The van der Waals surface area contributed by atoms with E-state index in [9.17, 15) is 9.18 Å². The minimum absolute atomic E-state index is 0.222. The highest BCUT2D eigenvalue weighted by Gasteiger charge is 2.32. The summed E-state index contributed by atoms with van der Waals surface area (Å²) in [5.74, 6) is 0.426. The number of thioether (sulfide) groups is 1. The summed E-state index contributed by atoms with van der Waals surface area (Å²) in [6.45, 7) is 4.55. The van der Waals surface area contributed by atoms with Gasteiger partial charge in [0, 0.05) is 4.90 Å². The van der Waals surface area contributed by atoms with Gasteiger partial charge in [-0.3, -0.25) is 4.79 Å². The maximum absolute atomic E-state index is 12.8. The molecule has 1 N–H and O–H groups in total. The Balaban J connectivity index is 2.41. The molecule has 0 radical (unpaired) electrons. The molecule has 1 atom stereocenters. The Morgan fingerprint density at radius 2 is 2.05 bits per heavy atom. The van der Waals surface area contributed by atoms with Crippen LogP contribution in [-0.2, 0) is 9.53 Å². The van der Waals surface area contributed by atoms with E-state index in [0.29, 0.717) is 6.42 Å². The highest BCUT2D eigenvalue weighted by Crippen LogP contribution is 2.22. The molecule has 0 aromatic heterocycles. The summed E-state index contributed by atoms with van der Waals surface area (Å²) in [4.78, 5) is 12.8. The van der Waals surface area contributed by atoms with Gasteiger partial charge in [0.15, 0.2) is 0 Å². The van der Waals surface area contributed by atoms with Crippen LogP contribution in [0, 0.1) is 5.82 Å². The number of halogens is 1. The van der Waals surface area contributed by atoms with Crippen LogP contribution in [0.2, 0.25) is 0 Å². The van der Waals surface area contributed by atoms with Crippen molar-refractivity contribution in [3.8, 4) is 0 Å². The van der Waals surface area contributed by atoms with Gasteiger partial charge in [-0.05, 0) is 56.3 Å². The normalized spacial score (nSPS) is 13.8. The number of carbonyl (C=O) groups is 1. The van der Waals surface area contributed by atoms with Crippen molar-refractivity contribution in [3.05, 3.63) is 30.1 Å². The lowest BCUT2D eigenvalue weighted by molar-refractivity contribution is -0.148. The number of benzene rings is 1. The summed E-state index contributed by atoms with van der Waals surface area (Å²) in [5, 5.41) is 3.18. The second-order valence-corrected chi connectivity index (χ2v) is 5.93. The molecule has 0 saturated carbocycles. The molecule has 1 rings (SSSR count). The van der Waals surface area contributed by atoms with Gasteiger partial charge in [-0.2, -0.15) is 0 Å². The summed E-state index contributed by atoms with van der Waals surface area (Å²) < 4.78 is 17.6. The molecular formula is C15H22FNO2S.